The van der Waals surface area contributed by atoms with Crippen LogP contribution in [0.15, 0.2) is 30.3 Å². The predicted molar refractivity (Wildman–Crippen MR) is 64.7 cm³/mol. The molecule has 1 saturated heterocycles. The van der Waals surface area contributed by atoms with Gasteiger partial charge in [0, 0.05) is 30.2 Å². The molecule has 0 radical (unpaired) electrons. The van der Waals surface area contributed by atoms with E-state index < -0.39 is 5.78 Å². The number of hydrogen-bond acceptors (Lipinski definition) is 3. The molecule has 0 bridgehead atoms. The third-order valence-corrected chi connectivity index (χ3v) is 3.47. The normalized spacial score (nSPS) is 15.9. The first-order valence-corrected chi connectivity index (χ1v) is 6.41. The number of nitrogens with zero attached hydrogens (tertiary/aromatic N) is 1. The number of carbonyl (C=O) groups is 2. The monoisotopic (exact) mass is 235 g/mol. The van der Waals surface area contributed by atoms with Crippen LogP contribution in [0.3, 0.4) is 0 Å². The van der Waals surface area contributed by atoms with E-state index >= 15 is 0 Å². The maximum absolute atomic E-state index is 11.9. The fraction of sp³-hybridized carbons (Fsp3) is 0.333. The van der Waals surface area contributed by atoms with Gasteiger partial charge >= 0.3 is 0 Å². The van der Waals surface area contributed by atoms with Crippen molar-refractivity contribution >= 4 is 23.5 Å². The van der Waals surface area contributed by atoms with E-state index in [0.29, 0.717) is 18.7 Å². The molecule has 0 aliphatic carbocycles. The first-order chi connectivity index (χ1) is 7.79. The van der Waals surface area contributed by atoms with E-state index in [2.05, 4.69) is 0 Å². The summed E-state index contributed by atoms with van der Waals surface area (Å²) in [6, 6.07) is 8.73. The Morgan fingerprint density at radius 3 is 2.31 bits per heavy atom. The van der Waals surface area contributed by atoms with E-state index in [9.17, 15) is 9.59 Å². The number of amides is 1. The molecule has 1 aliphatic rings. The molecule has 0 aromatic heterocycles. The van der Waals surface area contributed by atoms with Gasteiger partial charge in [0.05, 0.1) is 0 Å². The van der Waals surface area contributed by atoms with Gasteiger partial charge in [-0.15, -0.1) is 0 Å². The number of thioether (sulfide) groups is 1. The zero-order valence-electron chi connectivity index (χ0n) is 8.89. The maximum atomic E-state index is 11.9. The SMILES string of the molecule is O=C(C(=O)N1CCSCC1)c1ccccc1. The van der Waals surface area contributed by atoms with Crippen LogP contribution in [0.2, 0.25) is 0 Å². The second kappa shape index (κ2) is 5.16. The summed E-state index contributed by atoms with van der Waals surface area (Å²) in [4.78, 5) is 25.4. The number of hydrogen-bond donors (Lipinski definition) is 0. The van der Waals surface area contributed by atoms with E-state index in [-0.39, 0.29) is 5.91 Å². The Hall–Kier alpha value is -1.29. The third kappa shape index (κ3) is 2.44. The van der Waals surface area contributed by atoms with Crippen molar-refractivity contribution in [3.8, 4) is 0 Å². The summed E-state index contributed by atoms with van der Waals surface area (Å²) in [5, 5.41) is 0. The molecular weight excluding hydrogens is 222 g/mol. The van der Waals surface area contributed by atoms with Crippen molar-refractivity contribution in [3.63, 3.8) is 0 Å². The molecule has 1 aromatic carbocycles. The lowest BCUT2D eigenvalue weighted by Gasteiger charge is -2.25. The van der Waals surface area contributed by atoms with Crippen molar-refractivity contribution < 1.29 is 9.59 Å². The summed E-state index contributed by atoms with van der Waals surface area (Å²) in [5.74, 6) is 1.08. The molecule has 84 valence electrons. The highest BCUT2D eigenvalue weighted by Gasteiger charge is 2.24. The maximum Gasteiger partial charge on any atom is 0.295 e. The van der Waals surface area contributed by atoms with Gasteiger partial charge < -0.3 is 4.90 Å². The molecule has 16 heavy (non-hydrogen) atoms. The molecule has 1 fully saturated rings. The van der Waals surface area contributed by atoms with E-state index in [0.717, 1.165) is 11.5 Å². The Morgan fingerprint density at radius 2 is 1.69 bits per heavy atom. The summed E-state index contributed by atoms with van der Waals surface area (Å²) >= 11 is 1.82. The average molecular weight is 235 g/mol. The number of carbonyl (C=O) groups excluding carboxylic acids is 2. The van der Waals surface area contributed by atoms with Crippen molar-refractivity contribution in [2.24, 2.45) is 0 Å². The highest BCUT2D eigenvalue weighted by Crippen LogP contribution is 2.11. The summed E-state index contributed by atoms with van der Waals surface area (Å²) < 4.78 is 0. The first kappa shape index (κ1) is 11.2. The summed E-state index contributed by atoms with van der Waals surface area (Å²) in [6.07, 6.45) is 0. The Morgan fingerprint density at radius 1 is 1.06 bits per heavy atom. The van der Waals surface area contributed by atoms with Crippen LogP contribution in [0.25, 0.3) is 0 Å². The molecule has 2 rings (SSSR count). The molecule has 1 aromatic rings. The quantitative estimate of drug-likeness (QED) is 0.575. The zero-order chi connectivity index (χ0) is 11.4. The van der Waals surface area contributed by atoms with Gasteiger partial charge in [-0.2, -0.15) is 11.8 Å². The van der Waals surface area contributed by atoms with Crippen molar-refractivity contribution in [2.45, 2.75) is 0 Å². The summed E-state index contributed by atoms with van der Waals surface area (Å²) in [6.45, 7) is 1.37. The molecule has 0 spiro atoms. The Balaban J connectivity index is 2.07. The second-order valence-electron chi connectivity index (χ2n) is 3.60. The van der Waals surface area contributed by atoms with Crippen LogP contribution in [-0.4, -0.2) is 41.2 Å². The lowest BCUT2D eigenvalue weighted by molar-refractivity contribution is -0.126. The topological polar surface area (TPSA) is 37.4 Å². The van der Waals surface area contributed by atoms with Crippen LogP contribution in [0, 0.1) is 0 Å². The largest absolute Gasteiger partial charge is 0.334 e. The fourth-order valence-corrected chi connectivity index (χ4v) is 2.53. The van der Waals surface area contributed by atoms with Crippen LogP contribution in [-0.2, 0) is 4.79 Å². The highest BCUT2D eigenvalue weighted by molar-refractivity contribution is 7.99. The van der Waals surface area contributed by atoms with Crippen molar-refractivity contribution in [1.29, 1.82) is 0 Å². The molecule has 4 heteroatoms. The predicted octanol–water partition coefficient (Wildman–Crippen LogP) is 1.44. The van der Waals surface area contributed by atoms with Gasteiger partial charge in [0.15, 0.2) is 0 Å². The van der Waals surface area contributed by atoms with E-state index in [1.807, 2.05) is 17.8 Å². The minimum Gasteiger partial charge on any atom is -0.334 e. The molecule has 1 heterocycles. The molecule has 3 nitrogen and oxygen atoms in total. The molecule has 1 amide bonds. The van der Waals surface area contributed by atoms with Gasteiger partial charge in [-0.3, -0.25) is 9.59 Å². The summed E-state index contributed by atoms with van der Waals surface area (Å²) in [7, 11) is 0. The zero-order valence-corrected chi connectivity index (χ0v) is 9.70. The Labute approximate surface area is 98.8 Å². The van der Waals surface area contributed by atoms with Crippen molar-refractivity contribution in [2.75, 3.05) is 24.6 Å². The van der Waals surface area contributed by atoms with Crippen LogP contribution in [0.4, 0.5) is 0 Å². The van der Waals surface area contributed by atoms with Gasteiger partial charge in [0.2, 0.25) is 5.78 Å². The second-order valence-corrected chi connectivity index (χ2v) is 4.82. The Kier molecular flexibility index (Phi) is 3.62. The van der Waals surface area contributed by atoms with Gasteiger partial charge in [0.1, 0.15) is 0 Å². The molecule has 0 saturated carbocycles. The van der Waals surface area contributed by atoms with E-state index in [1.165, 1.54) is 0 Å². The lowest BCUT2D eigenvalue weighted by Crippen LogP contribution is -2.41. The van der Waals surface area contributed by atoms with Crippen LogP contribution >= 0.6 is 11.8 Å². The first-order valence-electron chi connectivity index (χ1n) is 5.25. The van der Waals surface area contributed by atoms with Gasteiger partial charge in [0.25, 0.3) is 5.91 Å². The molecule has 0 N–H and O–H groups in total. The number of rotatable bonds is 2. The van der Waals surface area contributed by atoms with Crippen LogP contribution < -0.4 is 0 Å². The average Bonchev–Trinajstić information content (AvgIpc) is 2.39. The highest BCUT2D eigenvalue weighted by atomic mass is 32.2. The standard InChI is InChI=1S/C12H13NO2S/c14-11(10-4-2-1-3-5-10)12(15)13-6-8-16-9-7-13/h1-5H,6-9H2. The minimum absolute atomic E-state index is 0.369. The van der Waals surface area contributed by atoms with Crippen LogP contribution in [0.1, 0.15) is 10.4 Å². The van der Waals surface area contributed by atoms with E-state index in [1.54, 1.807) is 29.2 Å². The van der Waals surface area contributed by atoms with Crippen molar-refractivity contribution in [1.82, 2.24) is 4.90 Å². The molecular formula is C12H13NO2S. The molecule has 1 aliphatic heterocycles. The minimum atomic E-state index is -0.396. The lowest BCUT2D eigenvalue weighted by atomic mass is 10.1. The molecule has 0 atom stereocenters. The number of benzene rings is 1. The fourth-order valence-electron chi connectivity index (χ4n) is 1.62. The summed E-state index contributed by atoms with van der Waals surface area (Å²) in [5.41, 5.74) is 0.478. The van der Waals surface area contributed by atoms with Gasteiger partial charge in [-0.05, 0) is 0 Å². The molecule has 0 unspecified atom stereocenters. The van der Waals surface area contributed by atoms with Gasteiger partial charge in [-0.1, -0.05) is 30.3 Å². The van der Waals surface area contributed by atoms with E-state index in [4.69, 9.17) is 0 Å². The van der Waals surface area contributed by atoms with Gasteiger partial charge in [-0.25, -0.2) is 0 Å². The number of ketones is 1. The third-order valence-electron chi connectivity index (χ3n) is 2.53. The van der Waals surface area contributed by atoms with Crippen LogP contribution in [0.5, 0.6) is 0 Å². The smallest absolute Gasteiger partial charge is 0.295 e. The number of Topliss-reactive ketones (excluding diaryl/α,β-unsaturated/α-hetero) is 1. The Bertz CT molecular complexity index is 385. The van der Waals surface area contributed by atoms with Crippen molar-refractivity contribution in [3.05, 3.63) is 35.9 Å².